The Morgan fingerprint density at radius 1 is 1.47 bits per heavy atom. The molecular weight excluding hydrogens is 240 g/mol. The summed E-state index contributed by atoms with van der Waals surface area (Å²) >= 11 is 0. The number of hydrogen-bond donors (Lipinski definition) is 1. The largest absolute Gasteiger partial charge is 0.491 e. The second-order valence-corrected chi connectivity index (χ2v) is 6.05. The summed E-state index contributed by atoms with van der Waals surface area (Å²) in [5.41, 5.74) is 1.96. The number of ether oxygens (including phenoxy) is 2. The van der Waals surface area contributed by atoms with Crippen molar-refractivity contribution in [2.45, 2.75) is 58.3 Å². The normalized spacial score (nSPS) is 23.3. The molecule has 0 spiro atoms. The lowest BCUT2D eigenvalue weighted by Gasteiger charge is -2.20. The molecule has 1 aliphatic heterocycles. The van der Waals surface area contributed by atoms with Gasteiger partial charge in [0.2, 0.25) is 0 Å². The van der Waals surface area contributed by atoms with Crippen molar-refractivity contribution in [1.29, 1.82) is 0 Å². The van der Waals surface area contributed by atoms with Gasteiger partial charge in [0.1, 0.15) is 12.4 Å². The third kappa shape index (κ3) is 3.71. The Morgan fingerprint density at radius 3 is 2.74 bits per heavy atom. The van der Waals surface area contributed by atoms with Gasteiger partial charge in [0.15, 0.2) is 0 Å². The average Bonchev–Trinajstić information content (AvgIpc) is 2.67. The van der Waals surface area contributed by atoms with Crippen LogP contribution in [0.15, 0.2) is 18.2 Å². The van der Waals surface area contributed by atoms with Crippen LogP contribution in [0.2, 0.25) is 0 Å². The number of aliphatic hydroxyl groups is 1. The third-order valence-electron chi connectivity index (χ3n) is 3.66. The summed E-state index contributed by atoms with van der Waals surface area (Å²) in [6, 6.07) is 5.81. The minimum atomic E-state index is -0.438. The van der Waals surface area contributed by atoms with Crippen molar-refractivity contribution in [2.75, 3.05) is 6.61 Å². The summed E-state index contributed by atoms with van der Waals surface area (Å²) in [6.45, 7) is 8.61. The van der Waals surface area contributed by atoms with Gasteiger partial charge in [-0.3, -0.25) is 0 Å². The monoisotopic (exact) mass is 264 g/mol. The SMILES string of the molecule is Cc1cc([C@H](C)O)ccc1OCC1CCC(C)(C)O1. The second kappa shape index (κ2) is 5.51. The smallest absolute Gasteiger partial charge is 0.122 e. The highest BCUT2D eigenvalue weighted by atomic mass is 16.6. The highest BCUT2D eigenvalue weighted by Gasteiger charge is 2.31. The fourth-order valence-electron chi connectivity index (χ4n) is 2.47. The van der Waals surface area contributed by atoms with E-state index in [0.29, 0.717) is 6.61 Å². The van der Waals surface area contributed by atoms with Crippen LogP contribution in [0.5, 0.6) is 5.75 Å². The Morgan fingerprint density at radius 2 is 2.21 bits per heavy atom. The molecule has 0 aliphatic carbocycles. The molecule has 1 aliphatic rings. The molecule has 1 saturated heterocycles. The first-order valence-electron chi connectivity index (χ1n) is 6.96. The Hall–Kier alpha value is -1.06. The van der Waals surface area contributed by atoms with E-state index in [1.807, 2.05) is 25.1 Å². The molecule has 0 radical (unpaired) electrons. The first-order chi connectivity index (χ1) is 8.87. The van der Waals surface area contributed by atoms with Crippen molar-refractivity contribution < 1.29 is 14.6 Å². The average molecular weight is 264 g/mol. The van der Waals surface area contributed by atoms with Crippen LogP contribution < -0.4 is 4.74 Å². The van der Waals surface area contributed by atoms with Gasteiger partial charge in [0.25, 0.3) is 0 Å². The van der Waals surface area contributed by atoms with Gasteiger partial charge in [-0.2, -0.15) is 0 Å². The van der Waals surface area contributed by atoms with Crippen molar-refractivity contribution in [2.24, 2.45) is 0 Å². The van der Waals surface area contributed by atoms with E-state index in [-0.39, 0.29) is 11.7 Å². The summed E-state index contributed by atoms with van der Waals surface area (Å²) in [6.07, 6.45) is 1.89. The first-order valence-corrected chi connectivity index (χ1v) is 6.96. The molecule has 1 unspecified atom stereocenters. The molecule has 0 aromatic heterocycles. The number of hydrogen-bond acceptors (Lipinski definition) is 3. The summed E-state index contributed by atoms with van der Waals surface area (Å²) < 4.78 is 11.7. The first kappa shape index (κ1) is 14.4. The molecule has 2 atom stereocenters. The van der Waals surface area contributed by atoms with Crippen molar-refractivity contribution in [1.82, 2.24) is 0 Å². The van der Waals surface area contributed by atoms with Crippen molar-refractivity contribution in [3.63, 3.8) is 0 Å². The lowest BCUT2D eigenvalue weighted by Crippen LogP contribution is -2.24. The zero-order chi connectivity index (χ0) is 14.0. The molecule has 0 bridgehead atoms. The zero-order valence-electron chi connectivity index (χ0n) is 12.3. The molecule has 3 heteroatoms. The van der Waals surface area contributed by atoms with Gasteiger partial charge in [-0.05, 0) is 63.8 Å². The van der Waals surface area contributed by atoms with Gasteiger partial charge in [-0.25, -0.2) is 0 Å². The van der Waals surface area contributed by atoms with E-state index < -0.39 is 6.10 Å². The summed E-state index contributed by atoms with van der Waals surface area (Å²) in [7, 11) is 0. The molecule has 1 aromatic carbocycles. The van der Waals surface area contributed by atoms with E-state index in [1.165, 1.54) is 0 Å². The molecule has 0 saturated carbocycles. The van der Waals surface area contributed by atoms with E-state index in [2.05, 4.69) is 13.8 Å². The van der Waals surface area contributed by atoms with Crippen LogP contribution in [0, 0.1) is 6.92 Å². The van der Waals surface area contributed by atoms with E-state index in [0.717, 1.165) is 29.7 Å². The molecule has 0 amide bonds. The van der Waals surface area contributed by atoms with E-state index >= 15 is 0 Å². The minimum absolute atomic E-state index is 0.0146. The van der Waals surface area contributed by atoms with Crippen LogP contribution >= 0.6 is 0 Å². The molecule has 1 aromatic rings. The highest BCUT2D eigenvalue weighted by Crippen LogP contribution is 2.30. The molecule has 1 N–H and O–H groups in total. The maximum atomic E-state index is 9.54. The number of rotatable bonds is 4. The van der Waals surface area contributed by atoms with Crippen LogP contribution in [-0.4, -0.2) is 23.4 Å². The minimum Gasteiger partial charge on any atom is -0.491 e. The molecule has 2 rings (SSSR count). The summed E-state index contributed by atoms with van der Waals surface area (Å²) in [5, 5.41) is 9.54. The van der Waals surface area contributed by atoms with Gasteiger partial charge in [-0.15, -0.1) is 0 Å². The van der Waals surface area contributed by atoms with Crippen molar-refractivity contribution in [3.8, 4) is 5.75 Å². The van der Waals surface area contributed by atoms with Crippen molar-refractivity contribution >= 4 is 0 Å². The maximum Gasteiger partial charge on any atom is 0.122 e. The standard InChI is InChI=1S/C16H24O3/c1-11-9-13(12(2)17)5-6-15(11)18-10-14-7-8-16(3,4)19-14/h5-6,9,12,14,17H,7-8,10H2,1-4H3/t12-,14?/m0/s1. The van der Waals surface area contributed by atoms with Gasteiger partial charge in [0, 0.05) is 0 Å². The molecule has 1 fully saturated rings. The molecule has 3 nitrogen and oxygen atoms in total. The van der Waals surface area contributed by atoms with Crippen molar-refractivity contribution in [3.05, 3.63) is 29.3 Å². The van der Waals surface area contributed by atoms with E-state index in [1.54, 1.807) is 6.92 Å². The van der Waals surface area contributed by atoms with Gasteiger partial charge in [-0.1, -0.05) is 6.07 Å². The molecule has 106 valence electrons. The summed E-state index contributed by atoms with van der Waals surface area (Å²) in [4.78, 5) is 0. The van der Waals surface area contributed by atoms with E-state index in [4.69, 9.17) is 9.47 Å². The van der Waals surface area contributed by atoms with Crippen LogP contribution in [0.1, 0.15) is 50.8 Å². The molecule has 19 heavy (non-hydrogen) atoms. The van der Waals surface area contributed by atoms with Crippen LogP contribution in [-0.2, 0) is 4.74 Å². The fraction of sp³-hybridized carbons (Fsp3) is 0.625. The predicted molar refractivity (Wildman–Crippen MR) is 75.5 cm³/mol. The molecular formula is C16H24O3. The zero-order valence-corrected chi connectivity index (χ0v) is 12.3. The maximum absolute atomic E-state index is 9.54. The van der Waals surface area contributed by atoms with Gasteiger partial charge in [0.05, 0.1) is 17.8 Å². The quantitative estimate of drug-likeness (QED) is 0.906. The Balaban J connectivity index is 1.93. The van der Waals surface area contributed by atoms with Crippen LogP contribution in [0.25, 0.3) is 0 Å². The number of aliphatic hydroxyl groups excluding tert-OH is 1. The van der Waals surface area contributed by atoms with Gasteiger partial charge >= 0.3 is 0 Å². The van der Waals surface area contributed by atoms with Crippen LogP contribution in [0.4, 0.5) is 0 Å². The number of benzene rings is 1. The topological polar surface area (TPSA) is 38.7 Å². The van der Waals surface area contributed by atoms with Gasteiger partial charge < -0.3 is 14.6 Å². The fourth-order valence-corrected chi connectivity index (χ4v) is 2.47. The Kier molecular flexibility index (Phi) is 4.16. The Bertz CT molecular complexity index is 438. The molecule has 1 heterocycles. The van der Waals surface area contributed by atoms with Crippen LogP contribution in [0.3, 0.4) is 0 Å². The lowest BCUT2D eigenvalue weighted by molar-refractivity contribution is -0.0327. The second-order valence-electron chi connectivity index (χ2n) is 6.05. The lowest BCUT2D eigenvalue weighted by atomic mass is 10.1. The third-order valence-corrected chi connectivity index (χ3v) is 3.66. The number of aryl methyl sites for hydroxylation is 1. The van der Waals surface area contributed by atoms with E-state index in [9.17, 15) is 5.11 Å². The Labute approximate surface area is 115 Å². The highest BCUT2D eigenvalue weighted by molar-refractivity contribution is 5.36. The predicted octanol–water partition coefficient (Wildman–Crippen LogP) is 3.38. The summed E-state index contributed by atoms with van der Waals surface area (Å²) in [5.74, 6) is 0.873.